The molecule has 0 aromatic heterocycles. The van der Waals surface area contributed by atoms with E-state index < -0.39 is 10.8 Å². The number of hydrogen-bond acceptors (Lipinski definition) is 2. The van der Waals surface area contributed by atoms with Gasteiger partial charge in [0.25, 0.3) is 0 Å². The van der Waals surface area contributed by atoms with Gasteiger partial charge in [0.1, 0.15) is 0 Å². The van der Waals surface area contributed by atoms with E-state index in [-0.39, 0.29) is 0 Å². The molecule has 188 valence electrons. The van der Waals surface area contributed by atoms with Crippen molar-refractivity contribution in [2.75, 3.05) is 0 Å². The van der Waals surface area contributed by atoms with Crippen LogP contribution in [0.25, 0.3) is 33.0 Å². The molecule has 6 aromatic carbocycles. The molecule has 2 heteroatoms. The minimum absolute atomic E-state index is 0.444. The van der Waals surface area contributed by atoms with Crippen LogP contribution in [0.3, 0.4) is 0 Å². The number of benzene rings is 6. The van der Waals surface area contributed by atoms with E-state index in [1.54, 1.807) is 0 Å². The van der Waals surface area contributed by atoms with Crippen molar-refractivity contribution < 1.29 is 0 Å². The molecule has 0 amide bonds. The summed E-state index contributed by atoms with van der Waals surface area (Å²) in [5.41, 5.74) is 14.0. The molecule has 9 rings (SSSR count). The predicted molar refractivity (Wildman–Crippen MR) is 162 cm³/mol. The van der Waals surface area contributed by atoms with Gasteiger partial charge >= 0.3 is 0 Å². The molecule has 3 aliphatic carbocycles. The summed E-state index contributed by atoms with van der Waals surface area (Å²) < 4.78 is 0. The molecular formula is C39H22N2. The molecule has 2 atom stereocenters. The van der Waals surface area contributed by atoms with Crippen molar-refractivity contribution in [1.82, 2.24) is 0 Å². The van der Waals surface area contributed by atoms with Gasteiger partial charge < -0.3 is 0 Å². The first-order valence-corrected chi connectivity index (χ1v) is 14.0. The van der Waals surface area contributed by atoms with Crippen LogP contribution < -0.4 is 0 Å². The van der Waals surface area contributed by atoms with E-state index in [9.17, 15) is 10.5 Å². The van der Waals surface area contributed by atoms with Crippen LogP contribution in [-0.2, 0) is 10.8 Å². The number of nitriles is 2. The van der Waals surface area contributed by atoms with Crippen molar-refractivity contribution in [2.24, 2.45) is 0 Å². The second-order valence-electron chi connectivity index (χ2n) is 11.6. The molecule has 6 aromatic rings. The number of hydrogen-bond donors (Lipinski definition) is 0. The van der Waals surface area contributed by atoms with E-state index >= 15 is 0 Å². The normalized spacial score (nSPS) is 20.0. The molecule has 0 saturated heterocycles. The second kappa shape index (κ2) is 7.39. The van der Waals surface area contributed by atoms with Crippen LogP contribution in [0.15, 0.2) is 115 Å². The van der Waals surface area contributed by atoms with Crippen LogP contribution in [0.2, 0.25) is 0 Å². The molecular weight excluding hydrogens is 496 g/mol. The lowest BCUT2D eigenvalue weighted by atomic mass is 9.55. The van der Waals surface area contributed by atoms with E-state index in [0.717, 1.165) is 10.8 Å². The fourth-order valence-corrected chi connectivity index (χ4v) is 8.47. The SMILES string of the molecule is CC12c3ccccc3C3(c4ccccc4)c4cc(C#N)ccc4-c4ccc(c1c43)-c1c2cc(C#N)c2ccccc12. The van der Waals surface area contributed by atoms with Gasteiger partial charge in [-0.1, -0.05) is 97.1 Å². The van der Waals surface area contributed by atoms with Gasteiger partial charge in [-0.3, -0.25) is 0 Å². The zero-order chi connectivity index (χ0) is 27.5. The Hall–Kier alpha value is -5.44. The molecule has 2 nitrogen and oxygen atoms in total. The summed E-state index contributed by atoms with van der Waals surface area (Å²) >= 11 is 0. The summed E-state index contributed by atoms with van der Waals surface area (Å²) in [5, 5.41) is 22.4. The van der Waals surface area contributed by atoms with Gasteiger partial charge in [-0.15, -0.1) is 0 Å². The highest BCUT2D eigenvalue weighted by Crippen LogP contribution is 2.69. The fraction of sp³-hybridized carbons (Fsp3) is 0.0769. The third-order valence-corrected chi connectivity index (χ3v) is 9.97. The molecule has 0 radical (unpaired) electrons. The summed E-state index contributed by atoms with van der Waals surface area (Å²) in [6.07, 6.45) is 0. The summed E-state index contributed by atoms with van der Waals surface area (Å²) in [6.45, 7) is 2.35. The van der Waals surface area contributed by atoms with E-state index in [4.69, 9.17) is 0 Å². The Morgan fingerprint density at radius 2 is 1.22 bits per heavy atom. The Balaban J connectivity index is 1.56. The molecule has 0 bridgehead atoms. The maximum atomic E-state index is 10.3. The maximum Gasteiger partial charge on any atom is 0.0998 e. The predicted octanol–water partition coefficient (Wildman–Crippen LogP) is 8.59. The Kier molecular flexibility index (Phi) is 4.04. The summed E-state index contributed by atoms with van der Waals surface area (Å²) in [6, 6.07) is 45.8. The van der Waals surface area contributed by atoms with Crippen molar-refractivity contribution in [3.8, 4) is 34.4 Å². The fourth-order valence-electron chi connectivity index (χ4n) is 8.47. The number of fused-ring (bicyclic) bond motifs is 11. The third-order valence-electron chi connectivity index (χ3n) is 9.97. The Bertz CT molecular complexity index is 2250. The van der Waals surface area contributed by atoms with E-state index in [1.165, 1.54) is 61.2 Å². The van der Waals surface area contributed by atoms with Crippen LogP contribution in [0.4, 0.5) is 0 Å². The van der Waals surface area contributed by atoms with Gasteiger partial charge in [0.2, 0.25) is 0 Å². The first kappa shape index (κ1) is 22.4. The Labute approximate surface area is 238 Å². The molecule has 0 saturated carbocycles. The van der Waals surface area contributed by atoms with Crippen LogP contribution in [0.5, 0.6) is 0 Å². The van der Waals surface area contributed by atoms with Gasteiger partial charge in [-0.25, -0.2) is 0 Å². The van der Waals surface area contributed by atoms with Gasteiger partial charge in [0, 0.05) is 10.8 Å². The molecule has 0 spiro atoms. The number of nitrogens with zero attached hydrogens (tertiary/aromatic N) is 2. The van der Waals surface area contributed by atoms with Gasteiger partial charge in [0.15, 0.2) is 0 Å². The number of rotatable bonds is 1. The standard InChI is InChI=1S/C39H22N2/c1-38-31-13-7-8-14-32(31)39(25-9-3-2-4-10-25)33-19-23(21-40)15-16-27(33)29-17-18-30(36(38)37(29)39)35-28-12-6-5-11-26(28)24(22-41)20-34(35)38/h2-20H,1H3. The van der Waals surface area contributed by atoms with Crippen molar-refractivity contribution >= 4 is 10.8 Å². The van der Waals surface area contributed by atoms with Crippen molar-refractivity contribution in [3.63, 3.8) is 0 Å². The zero-order valence-corrected chi connectivity index (χ0v) is 22.4. The quantitative estimate of drug-likeness (QED) is 0.218. The second-order valence-corrected chi connectivity index (χ2v) is 11.6. The minimum Gasteiger partial charge on any atom is -0.192 e. The van der Waals surface area contributed by atoms with Crippen molar-refractivity contribution in [1.29, 1.82) is 10.5 Å². The Morgan fingerprint density at radius 3 is 2.00 bits per heavy atom. The average molecular weight is 519 g/mol. The Morgan fingerprint density at radius 1 is 0.537 bits per heavy atom. The topological polar surface area (TPSA) is 47.6 Å². The van der Waals surface area contributed by atoms with Crippen LogP contribution >= 0.6 is 0 Å². The summed E-state index contributed by atoms with van der Waals surface area (Å²) in [5.74, 6) is 0. The van der Waals surface area contributed by atoms with Crippen LogP contribution in [-0.4, -0.2) is 0 Å². The largest absolute Gasteiger partial charge is 0.192 e. The van der Waals surface area contributed by atoms with Gasteiger partial charge in [0.05, 0.1) is 28.7 Å². The molecule has 2 unspecified atom stereocenters. The van der Waals surface area contributed by atoms with Crippen molar-refractivity contribution in [3.05, 3.63) is 165 Å². The van der Waals surface area contributed by atoms with E-state index in [0.29, 0.717) is 11.1 Å². The van der Waals surface area contributed by atoms with E-state index in [1.807, 2.05) is 12.1 Å². The van der Waals surface area contributed by atoms with Gasteiger partial charge in [-0.05, 0) is 91.7 Å². The van der Waals surface area contributed by atoms with Crippen LogP contribution in [0, 0.1) is 22.7 Å². The minimum atomic E-state index is -0.559. The molecule has 0 N–H and O–H groups in total. The maximum absolute atomic E-state index is 10.3. The lowest BCUT2D eigenvalue weighted by molar-refractivity contribution is 0.611. The van der Waals surface area contributed by atoms with Crippen molar-refractivity contribution in [2.45, 2.75) is 17.8 Å². The smallest absolute Gasteiger partial charge is 0.0998 e. The molecule has 41 heavy (non-hydrogen) atoms. The molecule has 0 aliphatic heterocycles. The average Bonchev–Trinajstić information content (AvgIpc) is 3.48. The molecule has 0 heterocycles. The molecule has 3 aliphatic rings. The highest BCUT2D eigenvalue weighted by atomic mass is 14.6. The third kappa shape index (κ3) is 2.36. The lowest BCUT2D eigenvalue weighted by Crippen LogP contribution is -2.41. The summed E-state index contributed by atoms with van der Waals surface area (Å²) in [4.78, 5) is 0. The lowest BCUT2D eigenvalue weighted by Gasteiger charge is -2.46. The highest BCUT2D eigenvalue weighted by molar-refractivity contribution is 6.08. The first-order valence-electron chi connectivity index (χ1n) is 14.0. The monoisotopic (exact) mass is 518 g/mol. The summed E-state index contributed by atoms with van der Waals surface area (Å²) in [7, 11) is 0. The van der Waals surface area contributed by atoms with Crippen LogP contribution in [0.1, 0.15) is 57.0 Å². The molecule has 0 fully saturated rings. The van der Waals surface area contributed by atoms with Gasteiger partial charge in [-0.2, -0.15) is 10.5 Å². The zero-order valence-electron chi connectivity index (χ0n) is 22.4. The highest BCUT2D eigenvalue weighted by Gasteiger charge is 2.59. The van der Waals surface area contributed by atoms with E-state index in [2.05, 4.69) is 122 Å². The first-order chi connectivity index (χ1) is 20.1.